The molecule has 0 saturated heterocycles. The van der Waals surface area contributed by atoms with E-state index in [4.69, 9.17) is 10.5 Å². The molecule has 126 valence electrons. The number of urea groups is 1. The number of rotatable bonds is 7. The molecule has 1 saturated carbocycles. The molecule has 1 aromatic rings. The van der Waals surface area contributed by atoms with E-state index in [0.29, 0.717) is 11.4 Å². The van der Waals surface area contributed by atoms with Gasteiger partial charge in [-0.1, -0.05) is 0 Å². The van der Waals surface area contributed by atoms with Crippen LogP contribution in [0, 0.1) is 0 Å². The van der Waals surface area contributed by atoms with Gasteiger partial charge >= 0.3 is 6.03 Å². The fourth-order valence-corrected chi connectivity index (χ4v) is 3.17. The van der Waals surface area contributed by atoms with E-state index < -0.39 is 22.0 Å². The van der Waals surface area contributed by atoms with Crippen molar-refractivity contribution in [1.82, 2.24) is 10.0 Å². The molecule has 0 radical (unpaired) electrons. The Labute approximate surface area is 133 Å². The SMILES string of the molecule is COc1ccc(S(=O)(=O)NC2CC2)cc1NCC(=O)NC(N)=O. The molecule has 0 unspecified atom stereocenters. The van der Waals surface area contributed by atoms with Crippen LogP contribution >= 0.6 is 0 Å². The zero-order chi connectivity index (χ0) is 17.0. The van der Waals surface area contributed by atoms with Crippen molar-refractivity contribution in [3.63, 3.8) is 0 Å². The summed E-state index contributed by atoms with van der Waals surface area (Å²) in [5.74, 6) is -0.286. The van der Waals surface area contributed by atoms with Gasteiger partial charge in [0, 0.05) is 6.04 Å². The molecule has 1 aliphatic carbocycles. The number of carbonyl (C=O) groups is 2. The van der Waals surface area contributed by atoms with Crippen LogP contribution < -0.4 is 25.8 Å². The molecule has 10 heteroatoms. The fourth-order valence-electron chi connectivity index (χ4n) is 1.84. The number of ether oxygens (including phenoxy) is 1. The van der Waals surface area contributed by atoms with Gasteiger partial charge in [-0.05, 0) is 31.0 Å². The lowest BCUT2D eigenvalue weighted by Crippen LogP contribution is -2.38. The second-order valence-corrected chi connectivity index (χ2v) is 6.74. The highest BCUT2D eigenvalue weighted by Crippen LogP contribution is 2.28. The normalized spacial score (nSPS) is 14.1. The summed E-state index contributed by atoms with van der Waals surface area (Å²) in [6.45, 7) is -0.265. The Hall–Kier alpha value is -2.33. The number of nitrogens with two attached hydrogens (primary N) is 1. The minimum absolute atomic E-state index is 0.0140. The highest BCUT2D eigenvalue weighted by Gasteiger charge is 2.28. The van der Waals surface area contributed by atoms with E-state index in [2.05, 4.69) is 10.0 Å². The number of anilines is 1. The average molecular weight is 342 g/mol. The number of methoxy groups -OCH3 is 1. The summed E-state index contributed by atoms with van der Waals surface area (Å²) in [6, 6.07) is 3.28. The Bertz CT molecular complexity index is 715. The number of benzene rings is 1. The summed E-state index contributed by atoms with van der Waals surface area (Å²) in [5.41, 5.74) is 5.15. The Morgan fingerprint density at radius 1 is 1.35 bits per heavy atom. The molecule has 5 N–H and O–H groups in total. The quantitative estimate of drug-likeness (QED) is 0.538. The van der Waals surface area contributed by atoms with Crippen LogP contribution in [0.3, 0.4) is 0 Å². The first-order valence-electron chi connectivity index (χ1n) is 6.85. The molecule has 1 aromatic carbocycles. The van der Waals surface area contributed by atoms with Gasteiger partial charge in [0.05, 0.1) is 24.2 Å². The van der Waals surface area contributed by atoms with E-state index in [1.807, 2.05) is 5.32 Å². The molecule has 1 fully saturated rings. The predicted octanol–water partition coefficient (Wildman–Crippen LogP) is -0.257. The molecule has 0 heterocycles. The Morgan fingerprint density at radius 2 is 2.04 bits per heavy atom. The number of hydrogen-bond donors (Lipinski definition) is 4. The highest BCUT2D eigenvalue weighted by atomic mass is 32.2. The van der Waals surface area contributed by atoms with Crippen LogP contribution in [0.4, 0.5) is 10.5 Å². The van der Waals surface area contributed by atoms with Crippen molar-refractivity contribution in [2.45, 2.75) is 23.8 Å². The van der Waals surface area contributed by atoms with Crippen molar-refractivity contribution >= 4 is 27.6 Å². The van der Waals surface area contributed by atoms with Crippen molar-refractivity contribution < 1.29 is 22.7 Å². The lowest BCUT2D eigenvalue weighted by Gasteiger charge is -2.13. The Balaban J connectivity index is 2.15. The maximum atomic E-state index is 12.2. The van der Waals surface area contributed by atoms with E-state index in [0.717, 1.165) is 12.8 Å². The van der Waals surface area contributed by atoms with Crippen molar-refractivity contribution in [2.24, 2.45) is 5.73 Å². The average Bonchev–Trinajstić information content (AvgIpc) is 3.27. The Morgan fingerprint density at radius 3 is 2.61 bits per heavy atom. The van der Waals surface area contributed by atoms with Crippen molar-refractivity contribution in [3.8, 4) is 5.75 Å². The monoisotopic (exact) mass is 342 g/mol. The molecule has 23 heavy (non-hydrogen) atoms. The van der Waals surface area contributed by atoms with Crippen LogP contribution in [0.1, 0.15) is 12.8 Å². The molecular weight excluding hydrogens is 324 g/mol. The van der Waals surface area contributed by atoms with Crippen LogP contribution in [0.25, 0.3) is 0 Å². The number of primary amides is 1. The number of carbonyl (C=O) groups excluding carboxylic acids is 2. The van der Waals surface area contributed by atoms with Crippen LogP contribution in [0.15, 0.2) is 23.1 Å². The first kappa shape index (κ1) is 17.0. The summed E-state index contributed by atoms with van der Waals surface area (Å²) in [7, 11) is -2.21. The van der Waals surface area contributed by atoms with Gasteiger partial charge in [-0.3, -0.25) is 10.1 Å². The lowest BCUT2D eigenvalue weighted by molar-refractivity contribution is -0.118. The van der Waals surface area contributed by atoms with E-state index in [1.54, 1.807) is 0 Å². The number of imide groups is 1. The first-order chi connectivity index (χ1) is 10.8. The number of sulfonamides is 1. The summed E-state index contributed by atoms with van der Waals surface area (Å²) < 4.78 is 32.1. The molecule has 0 bridgehead atoms. The van der Waals surface area contributed by atoms with Crippen molar-refractivity contribution in [2.75, 3.05) is 19.0 Å². The van der Waals surface area contributed by atoms with E-state index in [1.165, 1.54) is 25.3 Å². The smallest absolute Gasteiger partial charge is 0.318 e. The number of amides is 3. The van der Waals surface area contributed by atoms with Crippen LogP contribution in [0.5, 0.6) is 5.75 Å². The number of nitrogens with one attached hydrogen (secondary N) is 3. The van der Waals surface area contributed by atoms with Crippen LogP contribution in [-0.2, 0) is 14.8 Å². The lowest BCUT2D eigenvalue weighted by atomic mass is 10.3. The second-order valence-electron chi connectivity index (χ2n) is 5.02. The van der Waals surface area contributed by atoms with E-state index in [9.17, 15) is 18.0 Å². The maximum Gasteiger partial charge on any atom is 0.318 e. The summed E-state index contributed by atoms with van der Waals surface area (Å²) in [6.07, 6.45) is 1.65. The summed E-state index contributed by atoms with van der Waals surface area (Å²) in [4.78, 5) is 22.1. The molecular formula is C13H18N4O5S. The molecule has 9 nitrogen and oxygen atoms in total. The fraction of sp³-hybridized carbons (Fsp3) is 0.385. The predicted molar refractivity (Wildman–Crippen MR) is 82.6 cm³/mol. The molecule has 0 atom stereocenters. The molecule has 0 aliphatic heterocycles. The number of hydrogen-bond acceptors (Lipinski definition) is 6. The maximum absolute atomic E-state index is 12.2. The van der Waals surface area contributed by atoms with Gasteiger partial charge in [0.25, 0.3) is 0 Å². The standard InChI is InChI=1S/C13H18N4O5S/c1-22-11-5-4-9(23(20,21)17-8-2-3-8)6-10(11)15-7-12(18)16-13(14)19/h4-6,8,15,17H,2-3,7H2,1H3,(H3,14,16,18,19). The minimum atomic E-state index is -3.62. The third kappa shape index (κ3) is 4.83. The summed E-state index contributed by atoms with van der Waals surface area (Å²) >= 11 is 0. The highest BCUT2D eigenvalue weighted by molar-refractivity contribution is 7.89. The van der Waals surface area contributed by atoms with Gasteiger partial charge in [-0.2, -0.15) is 0 Å². The third-order valence-corrected chi connectivity index (χ3v) is 4.60. The first-order valence-corrected chi connectivity index (χ1v) is 8.33. The minimum Gasteiger partial charge on any atom is -0.495 e. The Kier molecular flexibility index (Phi) is 5.06. The topological polar surface area (TPSA) is 140 Å². The van der Waals surface area contributed by atoms with E-state index >= 15 is 0 Å². The van der Waals surface area contributed by atoms with E-state index in [-0.39, 0.29) is 17.5 Å². The van der Waals surface area contributed by atoms with Gasteiger partial charge in [0.1, 0.15) is 5.75 Å². The second kappa shape index (κ2) is 6.84. The molecule has 1 aliphatic rings. The zero-order valence-corrected chi connectivity index (χ0v) is 13.3. The van der Waals surface area contributed by atoms with Gasteiger partial charge in [-0.25, -0.2) is 17.9 Å². The third-order valence-electron chi connectivity index (χ3n) is 3.08. The van der Waals surface area contributed by atoms with Gasteiger partial charge in [-0.15, -0.1) is 0 Å². The van der Waals surface area contributed by atoms with Crippen molar-refractivity contribution in [3.05, 3.63) is 18.2 Å². The van der Waals surface area contributed by atoms with Gasteiger partial charge in [0.15, 0.2) is 0 Å². The van der Waals surface area contributed by atoms with Gasteiger partial charge in [0.2, 0.25) is 15.9 Å². The molecule has 0 aromatic heterocycles. The van der Waals surface area contributed by atoms with Gasteiger partial charge < -0.3 is 15.8 Å². The van der Waals surface area contributed by atoms with Crippen LogP contribution in [0.2, 0.25) is 0 Å². The molecule has 2 rings (SSSR count). The zero-order valence-electron chi connectivity index (χ0n) is 12.5. The van der Waals surface area contributed by atoms with Crippen molar-refractivity contribution in [1.29, 1.82) is 0 Å². The largest absolute Gasteiger partial charge is 0.495 e. The molecule has 0 spiro atoms. The summed E-state index contributed by atoms with van der Waals surface area (Å²) in [5, 5.41) is 4.61. The molecule has 3 amide bonds. The van der Waals surface area contributed by atoms with Crippen LogP contribution in [-0.4, -0.2) is 40.1 Å².